The van der Waals surface area contributed by atoms with Crippen LogP contribution in [0.3, 0.4) is 0 Å². The van der Waals surface area contributed by atoms with E-state index in [1.807, 2.05) is 0 Å². The molecule has 0 saturated heterocycles. The van der Waals surface area contributed by atoms with Crippen LogP contribution < -0.4 is 5.32 Å². The largest absolute Gasteiger partial charge is 0.455 e. The van der Waals surface area contributed by atoms with E-state index in [1.54, 1.807) is 18.2 Å². The Morgan fingerprint density at radius 1 is 1.21 bits per heavy atom. The molecule has 2 rings (SSSR count). The van der Waals surface area contributed by atoms with Gasteiger partial charge >= 0.3 is 5.97 Å². The van der Waals surface area contributed by atoms with Crippen molar-refractivity contribution in [2.75, 3.05) is 6.61 Å². The van der Waals surface area contributed by atoms with Gasteiger partial charge in [-0.15, -0.1) is 0 Å². The number of halogens is 2. The highest BCUT2D eigenvalue weighted by Gasteiger charge is 2.28. The topological polar surface area (TPSA) is 55.4 Å². The van der Waals surface area contributed by atoms with Crippen molar-refractivity contribution in [3.8, 4) is 0 Å². The van der Waals surface area contributed by atoms with Gasteiger partial charge in [-0.05, 0) is 36.0 Å². The average Bonchev–Trinajstić information content (AvgIpc) is 2.53. The van der Waals surface area contributed by atoms with E-state index in [1.165, 1.54) is 6.42 Å². The van der Waals surface area contributed by atoms with Crippen LogP contribution in [0.25, 0.3) is 0 Å². The number of carbonyl (C=O) groups excluding carboxylic acids is 2. The number of rotatable bonds is 5. The molecule has 0 aromatic heterocycles. The van der Waals surface area contributed by atoms with Gasteiger partial charge in [-0.1, -0.05) is 56.0 Å². The maximum atomic E-state index is 12.0. The second-order valence-corrected chi connectivity index (χ2v) is 7.34. The lowest BCUT2D eigenvalue weighted by Crippen LogP contribution is -2.45. The Labute approximate surface area is 152 Å². The minimum Gasteiger partial charge on any atom is -0.455 e. The zero-order valence-electron chi connectivity index (χ0n) is 14.0. The number of hydrogen-bond acceptors (Lipinski definition) is 3. The molecule has 0 aliphatic heterocycles. The third-order valence-electron chi connectivity index (χ3n) is 4.75. The quantitative estimate of drug-likeness (QED) is 0.795. The summed E-state index contributed by atoms with van der Waals surface area (Å²) in [6.45, 7) is 4.11. The molecule has 132 valence electrons. The van der Waals surface area contributed by atoms with Crippen LogP contribution in [-0.4, -0.2) is 24.5 Å². The van der Waals surface area contributed by atoms with Gasteiger partial charge in [0.05, 0.1) is 16.5 Å². The zero-order chi connectivity index (χ0) is 17.7. The Hall–Kier alpha value is -1.26. The molecule has 3 atom stereocenters. The molecule has 0 unspecified atom stereocenters. The Kier molecular flexibility index (Phi) is 6.93. The van der Waals surface area contributed by atoms with Gasteiger partial charge in [-0.2, -0.15) is 0 Å². The molecule has 4 nitrogen and oxygen atoms in total. The summed E-state index contributed by atoms with van der Waals surface area (Å²) in [6.07, 6.45) is 3.36. The van der Waals surface area contributed by atoms with Crippen molar-refractivity contribution in [2.24, 2.45) is 11.8 Å². The van der Waals surface area contributed by atoms with Crippen LogP contribution in [0.1, 0.15) is 38.7 Å². The second-order valence-electron chi connectivity index (χ2n) is 6.53. The zero-order valence-corrected chi connectivity index (χ0v) is 15.5. The standard InChI is InChI=1S/C18H23Cl2NO3/c1-11-4-3-5-16(12(11)2)21-17(22)10-24-18(23)9-13-6-7-14(19)15(20)8-13/h6-8,11-12,16H,3-5,9-10H2,1-2H3,(H,21,22)/t11-,12+,16+/m0/s1. The lowest BCUT2D eigenvalue weighted by Gasteiger charge is -2.34. The van der Waals surface area contributed by atoms with E-state index in [0.717, 1.165) is 12.8 Å². The van der Waals surface area contributed by atoms with Crippen molar-refractivity contribution < 1.29 is 14.3 Å². The number of carbonyl (C=O) groups is 2. The van der Waals surface area contributed by atoms with E-state index < -0.39 is 5.97 Å². The molecule has 1 saturated carbocycles. The van der Waals surface area contributed by atoms with Crippen LogP contribution in [0.5, 0.6) is 0 Å². The summed E-state index contributed by atoms with van der Waals surface area (Å²) in [6, 6.07) is 5.12. The van der Waals surface area contributed by atoms with Crippen molar-refractivity contribution in [3.63, 3.8) is 0 Å². The van der Waals surface area contributed by atoms with Crippen LogP contribution in [-0.2, 0) is 20.7 Å². The van der Waals surface area contributed by atoms with E-state index in [2.05, 4.69) is 19.2 Å². The summed E-state index contributed by atoms with van der Waals surface area (Å²) in [7, 11) is 0. The Morgan fingerprint density at radius 2 is 1.96 bits per heavy atom. The molecule has 0 bridgehead atoms. The molecule has 0 heterocycles. The molecule has 24 heavy (non-hydrogen) atoms. The average molecular weight is 372 g/mol. The van der Waals surface area contributed by atoms with E-state index in [9.17, 15) is 9.59 Å². The van der Waals surface area contributed by atoms with Gasteiger partial charge in [-0.25, -0.2) is 0 Å². The lowest BCUT2D eigenvalue weighted by molar-refractivity contribution is -0.148. The number of hydrogen-bond donors (Lipinski definition) is 1. The number of benzene rings is 1. The molecular formula is C18H23Cl2NO3. The maximum Gasteiger partial charge on any atom is 0.310 e. The smallest absolute Gasteiger partial charge is 0.310 e. The summed E-state index contributed by atoms with van der Waals surface area (Å²) in [5, 5.41) is 3.80. The molecule has 1 aromatic carbocycles. The molecule has 0 spiro atoms. The van der Waals surface area contributed by atoms with Crippen LogP contribution in [0.4, 0.5) is 0 Å². The highest BCUT2D eigenvalue weighted by atomic mass is 35.5. The molecule has 1 aromatic rings. The van der Waals surface area contributed by atoms with E-state index in [4.69, 9.17) is 27.9 Å². The molecule has 1 N–H and O–H groups in total. The molecular weight excluding hydrogens is 349 g/mol. The first-order valence-corrected chi connectivity index (χ1v) is 9.01. The van der Waals surface area contributed by atoms with Crippen molar-refractivity contribution in [3.05, 3.63) is 33.8 Å². The van der Waals surface area contributed by atoms with E-state index in [-0.39, 0.29) is 25.0 Å². The minimum absolute atomic E-state index is 0.0566. The molecule has 1 aliphatic carbocycles. The first kappa shape index (κ1) is 19.1. The Morgan fingerprint density at radius 3 is 2.67 bits per heavy atom. The summed E-state index contributed by atoms with van der Waals surface area (Å²) >= 11 is 11.7. The SMILES string of the molecule is C[C@@H]1[C@@H](C)CCC[C@H]1NC(=O)COC(=O)Cc1ccc(Cl)c(Cl)c1. The molecule has 6 heteroatoms. The van der Waals surface area contributed by atoms with Gasteiger partial charge in [0.15, 0.2) is 6.61 Å². The van der Waals surface area contributed by atoms with Gasteiger partial charge in [0.25, 0.3) is 5.91 Å². The highest BCUT2D eigenvalue weighted by Crippen LogP contribution is 2.29. The molecule has 1 fully saturated rings. The monoisotopic (exact) mass is 371 g/mol. The third kappa shape index (κ3) is 5.38. The molecule has 1 amide bonds. The number of amides is 1. The first-order valence-electron chi connectivity index (χ1n) is 8.25. The summed E-state index contributed by atoms with van der Waals surface area (Å²) in [5.74, 6) is 0.327. The van der Waals surface area contributed by atoms with E-state index >= 15 is 0 Å². The summed E-state index contributed by atoms with van der Waals surface area (Å²) in [4.78, 5) is 23.8. The van der Waals surface area contributed by atoms with Crippen molar-refractivity contribution in [2.45, 2.75) is 45.6 Å². The Bertz CT molecular complexity index is 606. The molecule has 1 aliphatic rings. The fourth-order valence-electron chi connectivity index (χ4n) is 3.05. The van der Waals surface area contributed by atoms with Crippen LogP contribution in [0.15, 0.2) is 18.2 Å². The third-order valence-corrected chi connectivity index (χ3v) is 5.49. The second kappa shape index (κ2) is 8.72. The van der Waals surface area contributed by atoms with Gasteiger partial charge in [-0.3, -0.25) is 9.59 Å². The van der Waals surface area contributed by atoms with Gasteiger partial charge in [0.2, 0.25) is 0 Å². The number of esters is 1. The lowest BCUT2D eigenvalue weighted by atomic mass is 9.78. The predicted molar refractivity (Wildman–Crippen MR) is 95.2 cm³/mol. The van der Waals surface area contributed by atoms with Crippen molar-refractivity contribution in [1.29, 1.82) is 0 Å². The van der Waals surface area contributed by atoms with Gasteiger partial charge < -0.3 is 10.1 Å². The summed E-state index contributed by atoms with van der Waals surface area (Å²) in [5.41, 5.74) is 0.699. The van der Waals surface area contributed by atoms with Crippen LogP contribution >= 0.6 is 23.2 Å². The van der Waals surface area contributed by atoms with Crippen LogP contribution in [0.2, 0.25) is 10.0 Å². The van der Waals surface area contributed by atoms with Gasteiger partial charge in [0.1, 0.15) is 0 Å². The first-order chi connectivity index (χ1) is 11.4. The van der Waals surface area contributed by atoms with Crippen molar-refractivity contribution in [1.82, 2.24) is 5.32 Å². The fourth-order valence-corrected chi connectivity index (χ4v) is 3.37. The minimum atomic E-state index is -0.464. The number of ether oxygens (including phenoxy) is 1. The highest BCUT2D eigenvalue weighted by molar-refractivity contribution is 6.42. The maximum absolute atomic E-state index is 12.0. The van der Waals surface area contributed by atoms with Gasteiger partial charge in [0, 0.05) is 6.04 Å². The molecule has 0 radical (unpaired) electrons. The van der Waals surface area contributed by atoms with Crippen LogP contribution in [0, 0.1) is 11.8 Å². The number of nitrogens with one attached hydrogen (secondary N) is 1. The van der Waals surface area contributed by atoms with E-state index in [0.29, 0.717) is 27.4 Å². The predicted octanol–water partition coefficient (Wildman–Crippen LogP) is 4.02. The Balaban J connectivity index is 1.76. The van der Waals surface area contributed by atoms with Crippen molar-refractivity contribution >= 4 is 35.1 Å². The fraction of sp³-hybridized carbons (Fsp3) is 0.556. The normalized spacial score (nSPS) is 23.6. The summed E-state index contributed by atoms with van der Waals surface area (Å²) < 4.78 is 5.05.